The van der Waals surface area contributed by atoms with Gasteiger partial charge in [-0.2, -0.15) is 0 Å². The third-order valence-electron chi connectivity index (χ3n) is 3.66. The van der Waals surface area contributed by atoms with Gasteiger partial charge >= 0.3 is 0 Å². The highest BCUT2D eigenvalue weighted by Gasteiger charge is 2.29. The van der Waals surface area contributed by atoms with Gasteiger partial charge in [-0.05, 0) is 38.5 Å². The lowest BCUT2D eigenvalue weighted by molar-refractivity contribution is -0.0149. The number of fused-ring (bicyclic) bond motifs is 2. The third kappa shape index (κ3) is 2.60. The molecule has 0 unspecified atom stereocenters. The van der Waals surface area contributed by atoms with Crippen LogP contribution >= 0.6 is 0 Å². The maximum Gasteiger partial charge on any atom is 0.194 e. The molecule has 0 spiro atoms. The first kappa shape index (κ1) is 14.7. The summed E-state index contributed by atoms with van der Waals surface area (Å²) in [6.07, 6.45) is 0. The minimum absolute atomic E-state index is 0.0894. The molecule has 0 saturated heterocycles. The Kier molecular flexibility index (Phi) is 3.45. The Morgan fingerprint density at radius 2 is 1.36 bits per heavy atom. The molecule has 0 heterocycles. The molecule has 0 bridgehead atoms. The van der Waals surface area contributed by atoms with Crippen molar-refractivity contribution in [2.75, 3.05) is 0 Å². The first-order valence-corrected chi connectivity index (χ1v) is 7.32. The van der Waals surface area contributed by atoms with Crippen LogP contribution in [0.5, 0.6) is 0 Å². The average Bonchev–Trinajstić information content (AvgIpc) is 2.50. The summed E-state index contributed by atoms with van der Waals surface area (Å²) >= 11 is 0. The number of hydrogen-bond acceptors (Lipinski definition) is 3. The average molecular weight is 294 g/mol. The monoisotopic (exact) mass is 294 g/mol. The van der Waals surface area contributed by atoms with Gasteiger partial charge in [0.05, 0.1) is 12.2 Å². The minimum atomic E-state index is -0.248. The molecule has 0 radical (unpaired) electrons. The second kappa shape index (κ2) is 5.18. The molecular weight excluding hydrogens is 276 g/mol. The molecule has 22 heavy (non-hydrogen) atoms. The highest BCUT2D eigenvalue weighted by molar-refractivity contribution is 6.28. The fourth-order valence-electron chi connectivity index (χ4n) is 2.54. The number of carbonyl (C=O) groups is 2. The van der Waals surface area contributed by atoms with Crippen LogP contribution in [0.1, 0.15) is 58.2 Å². The third-order valence-corrected chi connectivity index (χ3v) is 3.66. The highest BCUT2D eigenvalue weighted by atomic mass is 16.5. The lowest BCUT2D eigenvalue weighted by Crippen LogP contribution is -2.22. The molecule has 0 amide bonds. The lowest BCUT2D eigenvalue weighted by atomic mass is 9.83. The van der Waals surface area contributed by atoms with Crippen molar-refractivity contribution in [2.45, 2.75) is 33.0 Å². The van der Waals surface area contributed by atoms with Crippen molar-refractivity contribution in [3.63, 3.8) is 0 Å². The van der Waals surface area contributed by atoms with Crippen LogP contribution in [0.15, 0.2) is 42.5 Å². The van der Waals surface area contributed by atoms with E-state index in [-0.39, 0.29) is 17.2 Å². The molecule has 3 nitrogen and oxygen atoms in total. The van der Waals surface area contributed by atoms with Crippen molar-refractivity contribution in [2.24, 2.45) is 0 Å². The van der Waals surface area contributed by atoms with E-state index in [1.165, 1.54) is 0 Å². The molecule has 112 valence electrons. The summed E-state index contributed by atoms with van der Waals surface area (Å²) in [6, 6.07) is 12.3. The molecule has 0 atom stereocenters. The standard InChI is InChI=1S/C19H18O3/c1-19(2,3)22-11-12-8-9-15-16(10-12)18(21)14-7-5-4-6-13(14)17(15)20/h4-10H,11H2,1-3H3. The smallest absolute Gasteiger partial charge is 0.194 e. The topological polar surface area (TPSA) is 43.4 Å². The summed E-state index contributed by atoms with van der Waals surface area (Å²) < 4.78 is 5.74. The van der Waals surface area contributed by atoms with Crippen molar-refractivity contribution in [1.29, 1.82) is 0 Å². The van der Waals surface area contributed by atoms with Gasteiger partial charge in [-0.25, -0.2) is 0 Å². The maximum absolute atomic E-state index is 12.6. The summed E-state index contributed by atoms with van der Waals surface area (Å²) in [4.78, 5) is 25.1. The Morgan fingerprint density at radius 1 is 0.818 bits per heavy atom. The summed E-state index contributed by atoms with van der Waals surface area (Å²) in [5, 5.41) is 0. The van der Waals surface area contributed by atoms with Gasteiger partial charge in [-0.3, -0.25) is 9.59 Å². The fraction of sp³-hybridized carbons (Fsp3) is 0.263. The van der Waals surface area contributed by atoms with Crippen molar-refractivity contribution in [1.82, 2.24) is 0 Å². The first-order chi connectivity index (χ1) is 10.4. The highest BCUT2D eigenvalue weighted by Crippen LogP contribution is 2.28. The Morgan fingerprint density at radius 3 is 1.95 bits per heavy atom. The van der Waals surface area contributed by atoms with Crippen LogP contribution in [0.3, 0.4) is 0 Å². The Bertz CT molecular complexity index is 766. The zero-order valence-electron chi connectivity index (χ0n) is 13.0. The molecule has 3 heteroatoms. The van der Waals surface area contributed by atoms with Gasteiger partial charge in [0.1, 0.15) is 0 Å². The zero-order chi connectivity index (χ0) is 15.9. The molecule has 2 aromatic rings. The number of benzene rings is 2. The molecule has 1 aliphatic carbocycles. The van der Waals surface area contributed by atoms with E-state index in [2.05, 4.69) is 0 Å². The normalized spacial score (nSPS) is 13.8. The van der Waals surface area contributed by atoms with Crippen molar-refractivity contribution in [3.8, 4) is 0 Å². The van der Waals surface area contributed by atoms with E-state index in [9.17, 15) is 9.59 Å². The largest absolute Gasteiger partial charge is 0.371 e. The number of hydrogen-bond donors (Lipinski definition) is 0. The molecule has 1 aliphatic rings. The van der Waals surface area contributed by atoms with E-state index in [1.807, 2.05) is 26.8 Å². The van der Waals surface area contributed by atoms with Crippen LogP contribution in [-0.4, -0.2) is 17.2 Å². The number of rotatable bonds is 2. The van der Waals surface area contributed by atoms with E-state index in [4.69, 9.17) is 4.74 Å². The molecule has 0 aromatic heterocycles. The molecule has 0 fully saturated rings. The minimum Gasteiger partial charge on any atom is -0.371 e. The van der Waals surface area contributed by atoms with Crippen LogP contribution in [0.4, 0.5) is 0 Å². The first-order valence-electron chi connectivity index (χ1n) is 7.32. The van der Waals surface area contributed by atoms with Crippen LogP contribution in [0.2, 0.25) is 0 Å². The van der Waals surface area contributed by atoms with E-state index < -0.39 is 0 Å². The second-order valence-corrected chi connectivity index (χ2v) is 6.48. The predicted molar refractivity (Wildman–Crippen MR) is 84.3 cm³/mol. The van der Waals surface area contributed by atoms with Gasteiger partial charge in [0.25, 0.3) is 0 Å². The van der Waals surface area contributed by atoms with E-state index in [0.29, 0.717) is 28.9 Å². The lowest BCUT2D eigenvalue weighted by Gasteiger charge is -2.21. The van der Waals surface area contributed by atoms with E-state index in [1.54, 1.807) is 36.4 Å². The molecule has 2 aromatic carbocycles. The predicted octanol–water partition coefficient (Wildman–Crippen LogP) is 3.78. The van der Waals surface area contributed by atoms with E-state index in [0.717, 1.165) is 5.56 Å². The fourth-order valence-corrected chi connectivity index (χ4v) is 2.54. The molecule has 0 N–H and O–H groups in total. The quantitative estimate of drug-likeness (QED) is 0.722. The molecule has 0 aliphatic heterocycles. The summed E-state index contributed by atoms with van der Waals surface area (Å²) in [7, 11) is 0. The van der Waals surface area contributed by atoms with Gasteiger partial charge in [-0.1, -0.05) is 30.3 Å². The SMILES string of the molecule is CC(C)(C)OCc1ccc2c(c1)C(=O)c1ccccc1C2=O. The van der Waals surface area contributed by atoms with Gasteiger partial charge in [0.2, 0.25) is 0 Å². The van der Waals surface area contributed by atoms with Gasteiger partial charge in [0, 0.05) is 22.3 Å². The van der Waals surface area contributed by atoms with Crippen LogP contribution in [0, 0.1) is 0 Å². The van der Waals surface area contributed by atoms with Crippen LogP contribution in [-0.2, 0) is 11.3 Å². The van der Waals surface area contributed by atoms with Crippen molar-refractivity contribution in [3.05, 3.63) is 70.3 Å². The Balaban J connectivity index is 1.99. The Hall–Kier alpha value is -2.26. The van der Waals surface area contributed by atoms with E-state index >= 15 is 0 Å². The molecular formula is C19H18O3. The maximum atomic E-state index is 12.6. The molecule has 0 saturated carbocycles. The molecule has 3 rings (SSSR count). The number of carbonyl (C=O) groups excluding carboxylic acids is 2. The zero-order valence-corrected chi connectivity index (χ0v) is 13.0. The van der Waals surface area contributed by atoms with Gasteiger partial charge in [0.15, 0.2) is 11.6 Å². The van der Waals surface area contributed by atoms with Crippen LogP contribution in [0.25, 0.3) is 0 Å². The Labute approximate surface area is 129 Å². The van der Waals surface area contributed by atoms with Crippen molar-refractivity contribution < 1.29 is 14.3 Å². The second-order valence-electron chi connectivity index (χ2n) is 6.48. The number of ketones is 2. The van der Waals surface area contributed by atoms with Crippen molar-refractivity contribution >= 4 is 11.6 Å². The summed E-state index contributed by atoms with van der Waals surface area (Å²) in [5.74, 6) is -0.184. The van der Waals surface area contributed by atoms with Crippen LogP contribution < -0.4 is 0 Å². The van der Waals surface area contributed by atoms with Gasteiger partial charge in [-0.15, -0.1) is 0 Å². The summed E-state index contributed by atoms with van der Waals surface area (Å²) in [6.45, 7) is 6.36. The number of ether oxygens (including phenoxy) is 1. The summed E-state index contributed by atoms with van der Waals surface area (Å²) in [5.41, 5.74) is 2.56. The van der Waals surface area contributed by atoms with Gasteiger partial charge < -0.3 is 4.74 Å².